The van der Waals surface area contributed by atoms with Crippen LogP contribution in [0.3, 0.4) is 0 Å². The van der Waals surface area contributed by atoms with Crippen LogP contribution in [0.4, 0.5) is 5.69 Å². The van der Waals surface area contributed by atoms with Crippen LogP contribution in [0.1, 0.15) is 6.42 Å². The maximum atomic E-state index is 11.8. The minimum Gasteiger partial charge on any atom is -0.399 e. The molecule has 1 aliphatic heterocycles. The largest absolute Gasteiger partial charge is 0.399 e. The van der Waals surface area contributed by atoms with Gasteiger partial charge in [-0.1, -0.05) is 11.6 Å². The lowest BCUT2D eigenvalue weighted by Gasteiger charge is -2.11. The van der Waals surface area contributed by atoms with Gasteiger partial charge in [0.2, 0.25) is 5.91 Å². The van der Waals surface area contributed by atoms with Gasteiger partial charge in [-0.3, -0.25) is 4.79 Å². The van der Waals surface area contributed by atoms with Crippen molar-refractivity contribution in [2.45, 2.75) is 17.4 Å². The van der Waals surface area contributed by atoms with Gasteiger partial charge >= 0.3 is 0 Å². The zero-order chi connectivity index (χ0) is 14.8. The zero-order valence-corrected chi connectivity index (χ0v) is 13.0. The number of amides is 1. The maximum absolute atomic E-state index is 11.8. The molecular weight excluding hydrogens is 320 g/mol. The molecule has 0 saturated carbocycles. The Kier molecular flexibility index (Phi) is 4.82. The Bertz CT molecular complexity index is 619. The van der Waals surface area contributed by atoms with E-state index in [2.05, 4.69) is 5.32 Å². The molecule has 0 radical (unpaired) electrons. The number of hydrogen-bond acceptors (Lipinski definition) is 5. The van der Waals surface area contributed by atoms with Crippen LogP contribution in [0, 0.1) is 0 Å². The average molecular weight is 335 g/mol. The van der Waals surface area contributed by atoms with Gasteiger partial charge in [-0.2, -0.15) is 0 Å². The Morgan fingerprint density at radius 3 is 2.85 bits per heavy atom. The van der Waals surface area contributed by atoms with Crippen LogP contribution in [-0.4, -0.2) is 37.6 Å². The minimum absolute atomic E-state index is 0.0338. The highest BCUT2D eigenvalue weighted by Crippen LogP contribution is 2.28. The van der Waals surface area contributed by atoms with Gasteiger partial charge in [-0.05, 0) is 24.6 Å². The second-order valence-corrected chi connectivity index (χ2v) is 8.30. The Hall–Kier alpha value is -0.920. The Morgan fingerprint density at radius 2 is 2.25 bits per heavy atom. The number of anilines is 1. The number of benzene rings is 1. The van der Waals surface area contributed by atoms with E-state index in [-0.39, 0.29) is 29.2 Å². The molecule has 1 heterocycles. The number of sulfone groups is 1. The summed E-state index contributed by atoms with van der Waals surface area (Å²) in [5.41, 5.74) is 6.16. The van der Waals surface area contributed by atoms with Crippen molar-refractivity contribution in [3.05, 3.63) is 23.2 Å². The molecule has 1 unspecified atom stereocenters. The minimum atomic E-state index is -2.98. The third-order valence-corrected chi connectivity index (χ3v) is 6.18. The summed E-state index contributed by atoms with van der Waals surface area (Å²) in [6, 6.07) is 4.84. The molecule has 1 saturated heterocycles. The molecule has 3 N–H and O–H groups in total. The van der Waals surface area contributed by atoms with Crippen molar-refractivity contribution < 1.29 is 13.2 Å². The predicted molar refractivity (Wildman–Crippen MR) is 81.8 cm³/mol. The van der Waals surface area contributed by atoms with Gasteiger partial charge in [-0.25, -0.2) is 8.42 Å². The lowest BCUT2D eigenvalue weighted by atomic mass is 10.3. The van der Waals surface area contributed by atoms with E-state index in [1.165, 1.54) is 11.8 Å². The first kappa shape index (κ1) is 15.5. The van der Waals surface area contributed by atoms with Gasteiger partial charge in [0, 0.05) is 16.6 Å². The van der Waals surface area contributed by atoms with Crippen molar-refractivity contribution in [1.29, 1.82) is 0 Å². The normalized spacial score (nSPS) is 20.8. The molecular formula is C12H15ClN2O3S2. The number of rotatable bonds is 4. The van der Waals surface area contributed by atoms with E-state index in [1.54, 1.807) is 18.2 Å². The highest BCUT2D eigenvalue weighted by atomic mass is 35.5. The summed E-state index contributed by atoms with van der Waals surface area (Å²) in [5, 5.41) is 3.23. The summed E-state index contributed by atoms with van der Waals surface area (Å²) in [5.74, 6) is 0.186. The number of thioether (sulfide) groups is 1. The molecule has 0 spiro atoms. The zero-order valence-electron chi connectivity index (χ0n) is 10.6. The van der Waals surface area contributed by atoms with Gasteiger partial charge in [0.25, 0.3) is 0 Å². The van der Waals surface area contributed by atoms with Crippen molar-refractivity contribution >= 4 is 44.8 Å². The lowest BCUT2D eigenvalue weighted by Crippen LogP contribution is -2.36. The third kappa shape index (κ3) is 4.29. The quantitative estimate of drug-likeness (QED) is 0.640. The standard InChI is InChI=1S/C12H15ClN2O3S2/c13-10-5-8(14)1-2-11(10)19-6-12(16)15-9-3-4-20(17,18)7-9/h1-2,5,9H,3-4,6-7,14H2,(H,15,16). The fourth-order valence-electron chi connectivity index (χ4n) is 1.96. The molecule has 0 aromatic heterocycles. The number of nitrogens with two attached hydrogens (primary N) is 1. The van der Waals surface area contributed by atoms with Crippen molar-refractivity contribution in [3.8, 4) is 0 Å². The molecule has 0 bridgehead atoms. The summed E-state index contributed by atoms with van der Waals surface area (Å²) in [6.07, 6.45) is 0.487. The third-order valence-electron chi connectivity index (χ3n) is 2.91. The van der Waals surface area contributed by atoms with Crippen molar-refractivity contribution in [2.24, 2.45) is 0 Å². The predicted octanol–water partition coefficient (Wildman–Crippen LogP) is 1.32. The van der Waals surface area contributed by atoms with Crippen LogP contribution < -0.4 is 11.1 Å². The molecule has 5 nitrogen and oxygen atoms in total. The summed E-state index contributed by atoms with van der Waals surface area (Å²) in [6.45, 7) is 0. The molecule has 20 heavy (non-hydrogen) atoms. The Labute approximate surface area is 127 Å². The molecule has 110 valence electrons. The van der Waals surface area contributed by atoms with E-state index in [1.807, 2.05) is 0 Å². The van der Waals surface area contributed by atoms with Crippen molar-refractivity contribution in [2.75, 3.05) is 23.0 Å². The number of nitrogen functional groups attached to an aromatic ring is 1. The smallest absolute Gasteiger partial charge is 0.230 e. The second-order valence-electron chi connectivity index (χ2n) is 4.65. The molecule has 1 atom stereocenters. The summed E-state index contributed by atoms with van der Waals surface area (Å²) >= 11 is 7.31. The fraction of sp³-hybridized carbons (Fsp3) is 0.417. The molecule has 1 fully saturated rings. The van der Waals surface area contributed by atoms with E-state index >= 15 is 0 Å². The highest BCUT2D eigenvalue weighted by Gasteiger charge is 2.28. The van der Waals surface area contributed by atoms with Gasteiger partial charge in [0.05, 0.1) is 22.3 Å². The summed E-state index contributed by atoms with van der Waals surface area (Å²) in [7, 11) is -2.98. The van der Waals surface area contributed by atoms with Crippen LogP contribution in [-0.2, 0) is 14.6 Å². The van der Waals surface area contributed by atoms with E-state index in [4.69, 9.17) is 17.3 Å². The molecule has 2 rings (SSSR count). The number of hydrogen-bond donors (Lipinski definition) is 2. The number of carbonyl (C=O) groups is 1. The van der Waals surface area contributed by atoms with E-state index in [9.17, 15) is 13.2 Å². The molecule has 0 aliphatic carbocycles. The Balaban J connectivity index is 1.84. The van der Waals surface area contributed by atoms with Crippen LogP contribution >= 0.6 is 23.4 Å². The van der Waals surface area contributed by atoms with Crippen molar-refractivity contribution in [3.63, 3.8) is 0 Å². The lowest BCUT2D eigenvalue weighted by molar-refractivity contribution is -0.119. The average Bonchev–Trinajstić information content (AvgIpc) is 2.67. The topological polar surface area (TPSA) is 89.3 Å². The molecule has 1 aromatic rings. The van der Waals surface area contributed by atoms with Crippen LogP contribution in [0.25, 0.3) is 0 Å². The first-order valence-electron chi connectivity index (χ1n) is 6.03. The fourth-order valence-corrected chi connectivity index (χ4v) is 4.71. The van der Waals surface area contributed by atoms with E-state index < -0.39 is 9.84 Å². The number of nitrogens with one attached hydrogen (secondary N) is 1. The van der Waals surface area contributed by atoms with Crippen LogP contribution in [0.15, 0.2) is 23.1 Å². The second kappa shape index (κ2) is 6.24. The maximum Gasteiger partial charge on any atom is 0.230 e. The van der Waals surface area contributed by atoms with Gasteiger partial charge in [-0.15, -0.1) is 11.8 Å². The molecule has 1 aromatic carbocycles. The van der Waals surface area contributed by atoms with Crippen LogP contribution in [0.5, 0.6) is 0 Å². The van der Waals surface area contributed by atoms with Gasteiger partial charge in [0.1, 0.15) is 0 Å². The van der Waals surface area contributed by atoms with E-state index in [0.717, 1.165) is 4.90 Å². The number of carbonyl (C=O) groups excluding carboxylic acids is 1. The summed E-state index contributed by atoms with van der Waals surface area (Å²) in [4.78, 5) is 12.5. The van der Waals surface area contributed by atoms with Gasteiger partial charge < -0.3 is 11.1 Å². The van der Waals surface area contributed by atoms with Crippen LogP contribution in [0.2, 0.25) is 5.02 Å². The molecule has 1 amide bonds. The first-order valence-corrected chi connectivity index (χ1v) is 9.22. The Morgan fingerprint density at radius 1 is 1.50 bits per heavy atom. The van der Waals surface area contributed by atoms with E-state index in [0.29, 0.717) is 17.1 Å². The van der Waals surface area contributed by atoms with Crippen molar-refractivity contribution in [1.82, 2.24) is 5.32 Å². The monoisotopic (exact) mass is 334 g/mol. The first-order chi connectivity index (χ1) is 9.35. The molecule has 8 heteroatoms. The van der Waals surface area contributed by atoms with Gasteiger partial charge in [0.15, 0.2) is 9.84 Å². The number of halogens is 1. The highest BCUT2D eigenvalue weighted by molar-refractivity contribution is 8.00. The SMILES string of the molecule is Nc1ccc(SCC(=O)NC2CCS(=O)(=O)C2)c(Cl)c1. The molecule has 1 aliphatic rings. The summed E-state index contributed by atoms with van der Waals surface area (Å²) < 4.78 is 22.6.